The Kier molecular flexibility index (Phi) is 9.78. The summed E-state index contributed by atoms with van der Waals surface area (Å²) in [6, 6.07) is 10.9. The molecule has 3 saturated heterocycles. The molecule has 0 aliphatic carbocycles. The highest BCUT2D eigenvalue weighted by atomic mass is 16.2. The molecule has 6 nitrogen and oxygen atoms in total. The van der Waals surface area contributed by atoms with E-state index in [2.05, 4.69) is 15.1 Å². The van der Waals surface area contributed by atoms with Gasteiger partial charge < -0.3 is 14.8 Å². The van der Waals surface area contributed by atoms with Gasteiger partial charge >= 0.3 is 0 Å². The number of rotatable bonds is 12. The Morgan fingerprint density at radius 3 is 2.23 bits per heavy atom. The first-order chi connectivity index (χ1) is 19.0. The fourth-order valence-corrected chi connectivity index (χ4v) is 7.50. The summed E-state index contributed by atoms with van der Waals surface area (Å²) in [5.74, 6) is -0.210. The van der Waals surface area contributed by atoms with Crippen LogP contribution in [0.2, 0.25) is 0 Å². The van der Waals surface area contributed by atoms with Gasteiger partial charge in [0.1, 0.15) is 5.56 Å². The van der Waals surface area contributed by atoms with Gasteiger partial charge in [0.25, 0.3) is 11.5 Å². The number of nitrogens with one attached hydrogen (secondary N) is 1. The van der Waals surface area contributed by atoms with E-state index in [0.29, 0.717) is 12.1 Å². The Labute approximate surface area is 235 Å². The van der Waals surface area contributed by atoms with Crippen molar-refractivity contribution in [3.8, 4) is 0 Å². The highest BCUT2D eigenvalue weighted by Gasteiger charge is 2.40. The number of aromatic nitrogens is 1. The summed E-state index contributed by atoms with van der Waals surface area (Å²) in [5.41, 5.74) is 0.971. The minimum Gasteiger partial charge on any atom is -0.349 e. The Hall–Kier alpha value is -2.18. The number of pyridine rings is 1. The van der Waals surface area contributed by atoms with Crippen LogP contribution in [0.1, 0.15) is 114 Å². The standard InChI is InChI=1S/C33H50N4O2/c1-25(2)37-31-15-9-8-14-26(31)22-30(33(37)39)32(38)34-27-23-28-16-17-29(24-27)36(28)21-13-6-4-3-5-10-18-35-19-11-7-12-20-35/h8-9,14-15,22,25,27-29H,3-7,10-13,16-21,23-24H2,1-2H3,(H,34,38)/t28-,29-/m1/s1. The number of piperidine rings is 2. The number of hydrogen-bond donors (Lipinski definition) is 1. The highest BCUT2D eigenvalue weighted by molar-refractivity contribution is 5.97. The molecule has 3 aliphatic heterocycles. The number of para-hydroxylation sites is 1. The quantitative estimate of drug-likeness (QED) is 0.333. The average Bonchev–Trinajstić information content (AvgIpc) is 3.17. The van der Waals surface area contributed by atoms with Crippen LogP contribution < -0.4 is 10.9 Å². The first kappa shape index (κ1) is 28.4. The third-order valence-corrected chi connectivity index (χ3v) is 9.52. The fraction of sp³-hybridized carbons (Fsp3) is 0.697. The van der Waals surface area contributed by atoms with Crippen LogP contribution in [0.3, 0.4) is 0 Å². The van der Waals surface area contributed by atoms with E-state index in [4.69, 9.17) is 0 Å². The predicted octanol–water partition coefficient (Wildman–Crippen LogP) is 6.13. The van der Waals surface area contributed by atoms with E-state index in [1.807, 2.05) is 38.1 Å². The molecule has 5 rings (SSSR count). The Balaban J connectivity index is 1.06. The molecule has 1 amide bonds. The van der Waals surface area contributed by atoms with Crippen molar-refractivity contribution in [1.29, 1.82) is 0 Å². The van der Waals surface area contributed by atoms with Crippen LogP contribution in [0.25, 0.3) is 10.9 Å². The molecule has 4 heterocycles. The highest BCUT2D eigenvalue weighted by Crippen LogP contribution is 2.36. The van der Waals surface area contributed by atoms with Crippen molar-refractivity contribution in [2.24, 2.45) is 0 Å². The predicted molar refractivity (Wildman–Crippen MR) is 161 cm³/mol. The molecule has 0 spiro atoms. The molecule has 0 saturated carbocycles. The maximum Gasteiger partial charge on any atom is 0.264 e. The number of benzene rings is 1. The van der Waals surface area contributed by atoms with E-state index in [1.165, 1.54) is 96.8 Å². The molecule has 2 aromatic rings. The minimum atomic E-state index is -0.210. The normalized spacial score (nSPS) is 24.0. The maximum absolute atomic E-state index is 13.3. The van der Waals surface area contributed by atoms with Gasteiger partial charge in [0.15, 0.2) is 0 Å². The van der Waals surface area contributed by atoms with Crippen LogP contribution in [0, 0.1) is 0 Å². The first-order valence-electron chi connectivity index (χ1n) is 15.9. The third-order valence-electron chi connectivity index (χ3n) is 9.52. The number of likely N-dealkylation sites (tertiary alicyclic amines) is 1. The Morgan fingerprint density at radius 1 is 0.897 bits per heavy atom. The summed E-state index contributed by atoms with van der Waals surface area (Å²) in [6.45, 7) is 9.16. The number of fused-ring (bicyclic) bond motifs is 3. The molecule has 1 aromatic carbocycles. The van der Waals surface area contributed by atoms with Gasteiger partial charge in [-0.1, -0.05) is 50.3 Å². The van der Waals surface area contributed by atoms with E-state index < -0.39 is 0 Å². The topological polar surface area (TPSA) is 57.6 Å². The lowest BCUT2D eigenvalue weighted by atomic mass is 9.96. The van der Waals surface area contributed by atoms with Crippen LogP contribution in [-0.2, 0) is 0 Å². The van der Waals surface area contributed by atoms with E-state index >= 15 is 0 Å². The van der Waals surface area contributed by atoms with Crippen LogP contribution in [0.5, 0.6) is 0 Å². The van der Waals surface area contributed by atoms with Crippen molar-refractivity contribution in [3.05, 3.63) is 46.2 Å². The molecular weight excluding hydrogens is 484 g/mol. The number of nitrogens with zero attached hydrogens (tertiary/aromatic N) is 3. The van der Waals surface area contributed by atoms with Gasteiger partial charge in [-0.25, -0.2) is 0 Å². The summed E-state index contributed by atoms with van der Waals surface area (Å²) in [4.78, 5) is 32.0. The zero-order valence-corrected chi connectivity index (χ0v) is 24.4. The second-order valence-corrected chi connectivity index (χ2v) is 12.7. The average molecular weight is 535 g/mol. The third kappa shape index (κ3) is 6.94. The zero-order valence-electron chi connectivity index (χ0n) is 24.4. The lowest BCUT2D eigenvalue weighted by Crippen LogP contribution is -2.51. The fourth-order valence-electron chi connectivity index (χ4n) is 7.50. The van der Waals surface area contributed by atoms with Crippen molar-refractivity contribution >= 4 is 16.8 Å². The number of amides is 1. The molecule has 2 bridgehead atoms. The Morgan fingerprint density at radius 2 is 1.54 bits per heavy atom. The lowest BCUT2D eigenvalue weighted by Gasteiger charge is -2.39. The molecule has 6 heteroatoms. The van der Waals surface area contributed by atoms with Gasteiger partial charge in [0.05, 0.1) is 5.52 Å². The molecule has 39 heavy (non-hydrogen) atoms. The number of carbonyl (C=O) groups is 1. The van der Waals surface area contributed by atoms with Gasteiger partial charge in [-0.15, -0.1) is 0 Å². The van der Waals surface area contributed by atoms with Crippen molar-refractivity contribution in [2.75, 3.05) is 26.2 Å². The molecule has 214 valence electrons. The zero-order chi connectivity index (χ0) is 27.2. The largest absolute Gasteiger partial charge is 0.349 e. The lowest BCUT2D eigenvalue weighted by molar-refractivity contribution is 0.0839. The summed E-state index contributed by atoms with van der Waals surface area (Å²) in [5, 5.41) is 4.20. The van der Waals surface area contributed by atoms with E-state index in [0.717, 1.165) is 23.7 Å². The van der Waals surface area contributed by atoms with Crippen LogP contribution in [-0.4, -0.2) is 64.6 Å². The SMILES string of the molecule is CC(C)n1c(=O)c(C(=O)NC2C[C@H]3CC[C@H](C2)N3CCCCCCCCN2CCCCC2)cc2ccccc21. The van der Waals surface area contributed by atoms with Gasteiger partial charge in [-0.2, -0.15) is 0 Å². The summed E-state index contributed by atoms with van der Waals surface area (Å²) in [6.07, 6.45) is 16.8. The van der Waals surface area contributed by atoms with Crippen LogP contribution in [0.4, 0.5) is 0 Å². The molecule has 1 aromatic heterocycles. The van der Waals surface area contributed by atoms with Crippen molar-refractivity contribution in [3.63, 3.8) is 0 Å². The monoisotopic (exact) mass is 534 g/mol. The molecule has 0 radical (unpaired) electrons. The van der Waals surface area contributed by atoms with Crippen LogP contribution >= 0.6 is 0 Å². The maximum atomic E-state index is 13.3. The van der Waals surface area contributed by atoms with Crippen molar-refractivity contribution < 1.29 is 4.79 Å². The molecule has 0 unspecified atom stereocenters. The molecular formula is C33H50N4O2. The smallest absolute Gasteiger partial charge is 0.264 e. The number of hydrogen-bond acceptors (Lipinski definition) is 4. The first-order valence-corrected chi connectivity index (χ1v) is 15.9. The van der Waals surface area contributed by atoms with E-state index in [-0.39, 0.29) is 29.1 Å². The van der Waals surface area contributed by atoms with E-state index in [1.54, 1.807) is 10.6 Å². The minimum absolute atomic E-state index is 0.00575. The molecule has 2 atom stereocenters. The molecule has 1 N–H and O–H groups in total. The van der Waals surface area contributed by atoms with Crippen molar-refractivity contribution in [1.82, 2.24) is 19.7 Å². The summed E-state index contributed by atoms with van der Waals surface area (Å²) in [7, 11) is 0. The Bertz CT molecular complexity index is 1140. The van der Waals surface area contributed by atoms with Crippen molar-refractivity contribution in [2.45, 2.75) is 121 Å². The second-order valence-electron chi connectivity index (χ2n) is 12.7. The molecule has 3 fully saturated rings. The number of carbonyl (C=O) groups excluding carboxylic acids is 1. The summed E-state index contributed by atoms with van der Waals surface area (Å²) < 4.78 is 1.76. The molecule has 3 aliphatic rings. The van der Waals surface area contributed by atoms with Gasteiger partial charge in [0.2, 0.25) is 0 Å². The van der Waals surface area contributed by atoms with Gasteiger partial charge in [0, 0.05) is 24.2 Å². The summed E-state index contributed by atoms with van der Waals surface area (Å²) >= 11 is 0. The van der Waals surface area contributed by atoms with Crippen LogP contribution in [0.15, 0.2) is 35.1 Å². The van der Waals surface area contributed by atoms with E-state index in [9.17, 15) is 9.59 Å². The van der Waals surface area contributed by atoms with Gasteiger partial charge in [-0.3, -0.25) is 14.5 Å². The number of unbranched alkanes of at least 4 members (excludes halogenated alkanes) is 5. The van der Waals surface area contributed by atoms with Gasteiger partial charge in [-0.05, 0) is 109 Å². The second kappa shape index (κ2) is 13.5.